The van der Waals surface area contributed by atoms with Gasteiger partial charge in [-0.05, 0) is 58.4 Å². The van der Waals surface area contributed by atoms with E-state index in [4.69, 9.17) is 9.47 Å². The molecule has 1 aliphatic carbocycles. The maximum Gasteiger partial charge on any atom is 0.217 e. The molecule has 168 valence electrons. The number of ketones is 1. The summed E-state index contributed by atoms with van der Waals surface area (Å²) in [5, 5.41) is 10.7. The Kier molecular flexibility index (Phi) is 11.6. The van der Waals surface area contributed by atoms with E-state index in [2.05, 4.69) is 26.0 Å². The third-order valence-corrected chi connectivity index (χ3v) is 6.52. The molecule has 30 heavy (non-hydrogen) atoms. The molecule has 0 saturated carbocycles. The minimum atomic E-state index is -0.852. The summed E-state index contributed by atoms with van der Waals surface area (Å²) < 4.78 is 10.5. The van der Waals surface area contributed by atoms with Gasteiger partial charge in [0.1, 0.15) is 6.10 Å². The Morgan fingerprint density at radius 2 is 1.60 bits per heavy atom. The van der Waals surface area contributed by atoms with E-state index in [1.165, 1.54) is 25.4 Å². The van der Waals surface area contributed by atoms with Gasteiger partial charge < -0.3 is 14.6 Å². The summed E-state index contributed by atoms with van der Waals surface area (Å²) >= 11 is 1.81. The number of ether oxygens (including phenoxy) is 2. The van der Waals surface area contributed by atoms with Crippen molar-refractivity contribution in [2.75, 3.05) is 14.2 Å². The normalized spacial score (nSPS) is 23.7. The number of methoxy groups -OCH3 is 2. The van der Waals surface area contributed by atoms with Gasteiger partial charge in [-0.3, -0.25) is 9.59 Å². The van der Waals surface area contributed by atoms with Crippen molar-refractivity contribution < 1.29 is 24.2 Å². The highest BCUT2D eigenvalue weighted by Gasteiger charge is 2.42. The van der Waals surface area contributed by atoms with E-state index in [1.807, 2.05) is 42.5 Å². The van der Waals surface area contributed by atoms with Gasteiger partial charge in [-0.2, -0.15) is 0 Å². The van der Waals surface area contributed by atoms with Crippen LogP contribution in [0.2, 0.25) is 0 Å². The van der Waals surface area contributed by atoms with E-state index in [1.54, 1.807) is 0 Å². The lowest BCUT2D eigenvalue weighted by molar-refractivity contribution is -0.128. The number of carbonyl (C=O) groups excluding carboxylic acids is 2. The molecule has 0 aliphatic heterocycles. The molecule has 0 fully saturated rings. The molecule has 3 atom stereocenters. The van der Waals surface area contributed by atoms with Crippen LogP contribution in [0.3, 0.4) is 0 Å². The lowest BCUT2D eigenvalue weighted by atomic mass is 9.77. The third kappa shape index (κ3) is 7.69. The van der Waals surface area contributed by atoms with Gasteiger partial charge in [-0.1, -0.05) is 36.3 Å². The Morgan fingerprint density at radius 3 is 2.13 bits per heavy atom. The van der Waals surface area contributed by atoms with Crippen LogP contribution in [0.25, 0.3) is 0 Å². The van der Waals surface area contributed by atoms with Gasteiger partial charge >= 0.3 is 0 Å². The molecule has 6 heteroatoms. The van der Waals surface area contributed by atoms with Gasteiger partial charge in [-0.25, -0.2) is 0 Å². The monoisotopic (exact) mass is 530 g/mol. The van der Waals surface area contributed by atoms with E-state index in [0.717, 1.165) is 31.3 Å². The van der Waals surface area contributed by atoms with Crippen molar-refractivity contribution in [3.05, 3.63) is 46.5 Å². The molecular formula is C24H35IO5. The largest absolute Gasteiger partial charge is 0.494 e. The van der Waals surface area contributed by atoms with Crippen molar-refractivity contribution in [3.8, 4) is 0 Å². The average molecular weight is 530 g/mol. The molecule has 5 nitrogen and oxygen atoms in total. The van der Waals surface area contributed by atoms with Crippen molar-refractivity contribution in [1.29, 1.82) is 0 Å². The summed E-state index contributed by atoms with van der Waals surface area (Å²) in [5.41, 5.74) is 3.36. The van der Waals surface area contributed by atoms with Gasteiger partial charge in [-0.15, -0.1) is 0 Å². The molecule has 0 heterocycles. The summed E-state index contributed by atoms with van der Waals surface area (Å²) in [4.78, 5) is 23.7. The van der Waals surface area contributed by atoms with Crippen molar-refractivity contribution in [1.82, 2.24) is 0 Å². The number of aliphatic hydroxyl groups is 1. The topological polar surface area (TPSA) is 72.8 Å². The number of rotatable bonds is 11. The van der Waals surface area contributed by atoms with Crippen LogP contribution in [0.4, 0.5) is 0 Å². The average Bonchev–Trinajstić information content (AvgIpc) is 2.70. The van der Waals surface area contributed by atoms with E-state index in [-0.39, 0.29) is 32.9 Å². The van der Waals surface area contributed by atoms with Crippen LogP contribution < -0.4 is 0 Å². The number of hydrogen-bond donors (Lipinski definition) is 1. The van der Waals surface area contributed by atoms with Gasteiger partial charge in [0.25, 0.3) is 0 Å². The molecule has 0 aromatic heterocycles. The molecule has 3 unspecified atom stereocenters. The number of halogens is 1. The molecule has 1 aliphatic rings. The van der Waals surface area contributed by atoms with E-state index in [9.17, 15) is 14.7 Å². The zero-order chi connectivity index (χ0) is 22.8. The zero-order valence-electron chi connectivity index (χ0n) is 19.0. The summed E-state index contributed by atoms with van der Waals surface area (Å²) in [6.07, 6.45) is 9.81. The Morgan fingerprint density at radius 1 is 1.03 bits per heavy atom. The smallest absolute Gasteiger partial charge is 0.217 e. The van der Waals surface area contributed by atoms with Gasteiger partial charge in [0.2, 0.25) is 15.3 Å². The second kappa shape index (κ2) is 13.1. The standard InChI is InChI=1S/C24H35IO5/c1-15(11-8-12-17(3)24(25)28)9-7-10-16(2)13-14-19-18(4)20(26)22(29-5)23(30-6)21(19)27/h9,12-13,18-19,21,27H,7-8,10-11,14H2,1-6H3/b15-9+,16-13+,17-12+. The van der Waals surface area contributed by atoms with Gasteiger partial charge in [0, 0.05) is 34.4 Å². The molecule has 1 rings (SSSR count). The van der Waals surface area contributed by atoms with Gasteiger partial charge in [0.15, 0.2) is 5.76 Å². The van der Waals surface area contributed by atoms with Crippen LogP contribution in [0, 0.1) is 11.8 Å². The van der Waals surface area contributed by atoms with E-state index < -0.39 is 6.10 Å². The first kappa shape index (κ1) is 26.6. The fourth-order valence-corrected chi connectivity index (χ4v) is 3.78. The Bertz CT molecular complexity index is 745. The highest BCUT2D eigenvalue weighted by molar-refractivity contribution is 14.1. The Hall–Kier alpha value is -1.41. The van der Waals surface area contributed by atoms with E-state index in [0.29, 0.717) is 6.42 Å². The summed E-state index contributed by atoms with van der Waals surface area (Å²) in [7, 11) is 2.87. The van der Waals surface area contributed by atoms with Crippen LogP contribution >= 0.6 is 22.6 Å². The predicted molar refractivity (Wildman–Crippen MR) is 128 cm³/mol. The zero-order valence-corrected chi connectivity index (χ0v) is 21.1. The molecule has 0 bridgehead atoms. The molecule has 0 aromatic rings. The van der Waals surface area contributed by atoms with Crippen LogP contribution in [0.5, 0.6) is 0 Å². The maximum atomic E-state index is 12.5. The minimum absolute atomic E-state index is 0.0978. The predicted octanol–water partition coefficient (Wildman–Crippen LogP) is 5.44. The van der Waals surface area contributed by atoms with Crippen molar-refractivity contribution in [3.63, 3.8) is 0 Å². The molecule has 0 saturated heterocycles. The number of hydrogen-bond acceptors (Lipinski definition) is 5. The fraction of sp³-hybridized carbons (Fsp3) is 0.583. The van der Waals surface area contributed by atoms with Crippen molar-refractivity contribution >= 4 is 32.2 Å². The summed E-state index contributed by atoms with van der Waals surface area (Å²) in [6, 6.07) is 0. The molecule has 0 amide bonds. The lowest BCUT2D eigenvalue weighted by Crippen LogP contribution is -2.40. The highest BCUT2D eigenvalue weighted by Crippen LogP contribution is 2.35. The minimum Gasteiger partial charge on any atom is -0.494 e. The van der Waals surface area contributed by atoms with Crippen LogP contribution in [-0.4, -0.2) is 35.0 Å². The third-order valence-electron chi connectivity index (χ3n) is 5.67. The maximum absolute atomic E-state index is 12.5. The first-order valence-electron chi connectivity index (χ1n) is 10.4. The number of allylic oxidation sites excluding steroid dienone is 7. The number of carbonyl (C=O) groups is 2. The van der Waals surface area contributed by atoms with Gasteiger partial charge in [0.05, 0.1) is 14.2 Å². The first-order chi connectivity index (χ1) is 14.1. The SMILES string of the molecule is COC1=C(OC)C(O)C(C/C=C(\C)CC/C=C(\C)CC/C=C(\C)C(=O)I)C(C)C1=O. The van der Waals surface area contributed by atoms with Crippen LogP contribution in [0.15, 0.2) is 46.5 Å². The molecule has 0 radical (unpaired) electrons. The molecule has 1 N–H and O–H groups in total. The summed E-state index contributed by atoms with van der Waals surface area (Å²) in [5.74, 6) is -0.324. The quantitative estimate of drug-likeness (QED) is 0.167. The first-order valence-corrected chi connectivity index (χ1v) is 11.4. The Labute approximate surface area is 194 Å². The molecule has 0 aromatic carbocycles. The highest BCUT2D eigenvalue weighted by atomic mass is 127. The second-order valence-corrected chi connectivity index (χ2v) is 8.92. The second-order valence-electron chi connectivity index (χ2n) is 7.94. The van der Waals surface area contributed by atoms with Crippen LogP contribution in [-0.2, 0) is 19.1 Å². The van der Waals surface area contributed by atoms with Crippen LogP contribution in [0.1, 0.15) is 59.8 Å². The lowest BCUT2D eigenvalue weighted by Gasteiger charge is -2.33. The summed E-state index contributed by atoms with van der Waals surface area (Å²) in [6.45, 7) is 7.88. The van der Waals surface area contributed by atoms with Crippen molar-refractivity contribution in [2.45, 2.75) is 65.9 Å². The molecular weight excluding hydrogens is 495 g/mol. The van der Waals surface area contributed by atoms with E-state index >= 15 is 0 Å². The Balaban J connectivity index is 2.61. The fourth-order valence-electron chi connectivity index (χ4n) is 3.56. The molecule has 0 spiro atoms. The van der Waals surface area contributed by atoms with Crippen molar-refractivity contribution in [2.24, 2.45) is 11.8 Å². The number of aliphatic hydroxyl groups excluding tert-OH is 1. The number of Topliss-reactive ketones (excluding diaryl/α,β-unsaturated/α-hetero) is 1.